The highest BCUT2D eigenvalue weighted by Crippen LogP contribution is 2.29. The van der Waals surface area contributed by atoms with Crippen LogP contribution < -0.4 is 0 Å². The largest absolute Gasteiger partial charge is 0.478 e. The number of aliphatic hydroxyl groups is 1. The number of rotatable bonds is 3. The van der Waals surface area contributed by atoms with Gasteiger partial charge in [0.25, 0.3) is 0 Å². The maximum atomic E-state index is 11.2. The van der Waals surface area contributed by atoms with E-state index in [1.54, 1.807) is 6.07 Å². The summed E-state index contributed by atoms with van der Waals surface area (Å²) < 4.78 is 0. The van der Waals surface area contributed by atoms with E-state index < -0.39 is 17.4 Å². The van der Waals surface area contributed by atoms with Gasteiger partial charge in [-0.1, -0.05) is 29.8 Å². The van der Waals surface area contributed by atoms with E-state index in [1.165, 1.54) is 18.2 Å². The highest BCUT2D eigenvalue weighted by molar-refractivity contribution is 6.32. The Hall–Kier alpha value is -1.39. The molecule has 1 rings (SSSR count). The van der Waals surface area contributed by atoms with Gasteiger partial charge in [0.1, 0.15) is 0 Å². The van der Waals surface area contributed by atoms with Crippen LogP contribution in [0.1, 0.15) is 12.5 Å². The summed E-state index contributed by atoms with van der Waals surface area (Å²) in [6.45, 7) is 0.997. The summed E-state index contributed by atoms with van der Waals surface area (Å²) in [5.74, 6) is -2.52. The van der Waals surface area contributed by atoms with Gasteiger partial charge in [-0.25, -0.2) is 4.79 Å². The van der Waals surface area contributed by atoms with E-state index in [4.69, 9.17) is 16.7 Å². The van der Waals surface area contributed by atoms with Crippen molar-refractivity contribution in [1.29, 1.82) is 0 Å². The molecule has 0 saturated carbocycles. The van der Waals surface area contributed by atoms with Crippen LogP contribution in [0.2, 0.25) is 5.02 Å². The van der Waals surface area contributed by atoms with Crippen LogP contribution >= 0.6 is 11.6 Å². The molecule has 1 atom stereocenters. The molecule has 0 saturated heterocycles. The SMILES string of the molecule is CC(=O)C(O)(C(=O)O)c1ccccc1Cl. The molecule has 1 aromatic rings. The van der Waals surface area contributed by atoms with E-state index in [0.717, 1.165) is 6.92 Å². The molecular formula is C10H9ClO4. The van der Waals surface area contributed by atoms with Crippen LogP contribution in [0.25, 0.3) is 0 Å². The van der Waals surface area contributed by atoms with Gasteiger partial charge < -0.3 is 10.2 Å². The van der Waals surface area contributed by atoms with Gasteiger partial charge in [0.15, 0.2) is 5.78 Å². The van der Waals surface area contributed by atoms with E-state index in [0.29, 0.717) is 0 Å². The van der Waals surface area contributed by atoms with Crippen molar-refractivity contribution in [3.63, 3.8) is 0 Å². The Bertz CT molecular complexity index is 400. The standard InChI is InChI=1S/C10H9ClO4/c1-6(12)10(15,9(13)14)7-4-2-3-5-8(7)11/h2-5,15H,1H3,(H,13,14). The maximum absolute atomic E-state index is 11.2. The zero-order valence-electron chi connectivity index (χ0n) is 7.90. The number of carboxylic acid groups (broad SMARTS) is 1. The van der Waals surface area contributed by atoms with E-state index >= 15 is 0 Å². The van der Waals surface area contributed by atoms with Crippen molar-refractivity contribution in [1.82, 2.24) is 0 Å². The molecule has 80 valence electrons. The fourth-order valence-electron chi connectivity index (χ4n) is 1.21. The second-order valence-electron chi connectivity index (χ2n) is 3.05. The fourth-order valence-corrected chi connectivity index (χ4v) is 1.48. The molecule has 0 radical (unpaired) electrons. The van der Waals surface area contributed by atoms with Gasteiger partial charge in [-0.3, -0.25) is 4.79 Å². The molecular weight excluding hydrogens is 220 g/mol. The summed E-state index contributed by atoms with van der Waals surface area (Å²) in [5.41, 5.74) is -2.69. The smallest absolute Gasteiger partial charge is 0.348 e. The minimum atomic E-state index is -2.57. The van der Waals surface area contributed by atoms with Crippen molar-refractivity contribution in [2.75, 3.05) is 0 Å². The molecule has 15 heavy (non-hydrogen) atoms. The van der Waals surface area contributed by atoms with E-state index in [2.05, 4.69) is 0 Å². The number of carbonyl (C=O) groups is 2. The van der Waals surface area contributed by atoms with Gasteiger partial charge in [0.2, 0.25) is 5.60 Å². The van der Waals surface area contributed by atoms with E-state index in [1.807, 2.05) is 0 Å². The number of ketones is 1. The lowest BCUT2D eigenvalue weighted by molar-refractivity contribution is -0.165. The lowest BCUT2D eigenvalue weighted by atomic mass is 9.90. The summed E-state index contributed by atoms with van der Waals surface area (Å²) in [6.07, 6.45) is 0. The molecule has 0 heterocycles. The van der Waals surface area contributed by atoms with Crippen molar-refractivity contribution in [3.05, 3.63) is 34.9 Å². The second kappa shape index (κ2) is 4.00. The van der Waals surface area contributed by atoms with Crippen LogP contribution in [0.4, 0.5) is 0 Å². The lowest BCUT2D eigenvalue weighted by Crippen LogP contribution is -2.42. The Balaban J connectivity index is 3.41. The molecule has 0 spiro atoms. The van der Waals surface area contributed by atoms with Gasteiger partial charge in [0, 0.05) is 10.6 Å². The molecule has 0 aliphatic heterocycles. The van der Waals surface area contributed by atoms with Gasteiger partial charge in [-0.2, -0.15) is 0 Å². The fraction of sp³-hybridized carbons (Fsp3) is 0.200. The van der Waals surface area contributed by atoms with Crippen molar-refractivity contribution in [2.45, 2.75) is 12.5 Å². The molecule has 0 aliphatic rings. The van der Waals surface area contributed by atoms with Crippen LogP contribution in [-0.2, 0) is 15.2 Å². The highest BCUT2D eigenvalue weighted by Gasteiger charge is 2.44. The summed E-state index contributed by atoms with van der Waals surface area (Å²) in [5, 5.41) is 18.7. The molecule has 0 aliphatic carbocycles. The summed E-state index contributed by atoms with van der Waals surface area (Å²) in [6, 6.07) is 5.79. The number of aliphatic carboxylic acids is 1. The summed E-state index contributed by atoms with van der Waals surface area (Å²) in [4.78, 5) is 22.1. The monoisotopic (exact) mass is 228 g/mol. The molecule has 4 nitrogen and oxygen atoms in total. The molecule has 0 aromatic heterocycles. The molecule has 0 fully saturated rings. The number of Topliss-reactive ketones (excluding diaryl/α,β-unsaturated/α-hetero) is 1. The molecule has 2 N–H and O–H groups in total. The van der Waals surface area contributed by atoms with Crippen molar-refractivity contribution >= 4 is 23.4 Å². The Morgan fingerprint density at radius 3 is 2.27 bits per heavy atom. The highest BCUT2D eigenvalue weighted by atomic mass is 35.5. The first-order valence-corrected chi connectivity index (χ1v) is 4.50. The minimum Gasteiger partial charge on any atom is -0.478 e. The van der Waals surface area contributed by atoms with Crippen molar-refractivity contribution < 1.29 is 19.8 Å². The van der Waals surface area contributed by atoms with Gasteiger partial charge in [-0.05, 0) is 13.0 Å². The maximum Gasteiger partial charge on any atom is 0.348 e. The van der Waals surface area contributed by atoms with Gasteiger partial charge in [-0.15, -0.1) is 0 Å². The van der Waals surface area contributed by atoms with Crippen LogP contribution in [-0.4, -0.2) is 22.0 Å². The van der Waals surface area contributed by atoms with Crippen molar-refractivity contribution in [3.8, 4) is 0 Å². The zero-order chi connectivity index (χ0) is 11.6. The quantitative estimate of drug-likeness (QED) is 0.763. The minimum absolute atomic E-state index is 0.0394. The number of hydrogen-bond donors (Lipinski definition) is 2. The van der Waals surface area contributed by atoms with E-state index in [-0.39, 0.29) is 10.6 Å². The average molecular weight is 229 g/mol. The third kappa shape index (κ3) is 1.86. The molecule has 0 amide bonds. The predicted octanol–water partition coefficient (Wildman–Crippen LogP) is 1.20. The number of benzene rings is 1. The second-order valence-corrected chi connectivity index (χ2v) is 3.46. The van der Waals surface area contributed by atoms with Crippen LogP contribution in [0.15, 0.2) is 24.3 Å². The molecule has 1 unspecified atom stereocenters. The van der Waals surface area contributed by atoms with Crippen LogP contribution in [0, 0.1) is 0 Å². The Morgan fingerprint density at radius 1 is 1.33 bits per heavy atom. The molecule has 0 bridgehead atoms. The molecule has 5 heteroatoms. The van der Waals surface area contributed by atoms with Gasteiger partial charge in [0.05, 0.1) is 0 Å². The van der Waals surface area contributed by atoms with Crippen LogP contribution in [0.3, 0.4) is 0 Å². The Labute approximate surface area is 91.1 Å². The number of carbonyl (C=O) groups excluding carboxylic acids is 1. The Morgan fingerprint density at radius 2 is 1.87 bits per heavy atom. The third-order valence-electron chi connectivity index (χ3n) is 2.08. The normalized spacial score (nSPS) is 14.3. The van der Waals surface area contributed by atoms with Gasteiger partial charge >= 0.3 is 5.97 Å². The lowest BCUT2D eigenvalue weighted by Gasteiger charge is -2.21. The first-order chi connectivity index (χ1) is 6.90. The third-order valence-corrected chi connectivity index (χ3v) is 2.41. The van der Waals surface area contributed by atoms with E-state index in [9.17, 15) is 14.7 Å². The number of hydrogen-bond acceptors (Lipinski definition) is 3. The molecule has 1 aromatic carbocycles. The first kappa shape index (κ1) is 11.7. The first-order valence-electron chi connectivity index (χ1n) is 4.12. The Kier molecular flexibility index (Phi) is 3.12. The topological polar surface area (TPSA) is 74.6 Å². The summed E-state index contributed by atoms with van der Waals surface area (Å²) in [7, 11) is 0. The summed E-state index contributed by atoms with van der Waals surface area (Å²) >= 11 is 5.72. The zero-order valence-corrected chi connectivity index (χ0v) is 8.65. The van der Waals surface area contributed by atoms with Crippen molar-refractivity contribution in [2.24, 2.45) is 0 Å². The average Bonchev–Trinajstić information content (AvgIpc) is 2.16. The van der Waals surface area contributed by atoms with Crippen LogP contribution in [0.5, 0.6) is 0 Å². The predicted molar refractivity (Wildman–Crippen MR) is 53.7 cm³/mol. The number of carboxylic acids is 1. The number of halogens is 1.